The predicted octanol–water partition coefficient (Wildman–Crippen LogP) is 3.57. The van der Waals surface area contributed by atoms with E-state index in [2.05, 4.69) is 9.47 Å². The Morgan fingerprint density at radius 3 is 1.91 bits per heavy atom. The molecular weight excluding hydrogens is 334 g/mol. The molecule has 4 nitrogen and oxygen atoms in total. The fourth-order valence-electron chi connectivity index (χ4n) is 1.49. The Kier molecular flexibility index (Phi) is 7.35. The Morgan fingerprint density at radius 1 is 1.09 bits per heavy atom. The molecule has 0 aliphatic heterocycles. The van der Waals surface area contributed by atoms with Gasteiger partial charge in [-0.3, -0.25) is 4.79 Å². The molecule has 0 bridgehead atoms. The zero-order chi connectivity index (χ0) is 18.6. The highest BCUT2D eigenvalue weighted by Gasteiger charge is 2.49. The fourth-order valence-corrected chi connectivity index (χ4v) is 1.49. The van der Waals surface area contributed by atoms with Crippen LogP contribution in [0.1, 0.15) is 40.5 Å². The van der Waals surface area contributed by atoms with E-state index < -0.39 is 48.7 Å². The van der Waals surface area contributed by atoms with E-state index in [-0.39, 0.29) is 6.42 Å². The summed E-state index contributed by atoms with van der Waals surface area (Å²) in [4.78, 5) is 11.5. The van der Waals surface area contributed by atoms with Crippen LogP contribution in [-0.2, 0) is 14.3 Å². The first-order valence-electron chi connectivity index (χ1n) is 6.84. The maximum atomic E-state index is 12.9. The quantitative estimate of drug-likeness (QED) is 0.431. The van der Waals surface area contributed by atoms with Crippen molar-refractivity contribution in [1.82, 2.24) is 0 Å². The van der Waals surface area contributed by atoms with Crippen LogP contribution >= 0.6 is 0 Å². The highest BCUT2D eigenvalue weighted by atomic mass is 19.4. The lowest BCUT2D eigenvalue weighted by molar-refractivity contribution is -0.313. The molecule has 4 unspecified atom stereocenters. The van der Waals surface area contributed by atoms with Gasteiger partial charge in [0, 0.05) is 6.42 Å². The SMILES string of the molecule is CCC(C)C(=O)OC(CC(C)(O)OC(C)C(F)(F)F)C(F)(F)F. The normalized spacial score (nSPS) is 19.6. The van der Waals surface area contributed by atoms with Gasteiger partial charge in [-0.25, -0.2) is 0 Å². The number of hydrogen-bond donors (Lipinski definition) is 1. The maximum absolute atomic E-state index is 12.9. The van der Waals surface area contributed by atoms with Gasteiger partial charge in [-0.05, 0) is 20.3 Å². The van der Waals surface area contributed by atoms with E-state index in [1.54, 1.807) is 6.92 Å². The van der Waals surface area contributed by atoms with Crippen molar-refractivity contribution >= 4 is 5.97 Å². The van der Waals surface area contributed by atoms with Crippen LogP contribution in [0.15, 0.2) is 0 Å². The molecule has 0 fully saturated rings. The van der Waals surface area contributed by atoms with Crippen molar-refractivity contribution in [3.05, 3.63) is 0 Å². The minimum Gasteiger partial charge on any atom is -0.452 e. The first-order valence-corrected chi connectivity index (χ1v) is 6.84. The van der Waals surface area contributed by atoms with Crippen LogP contribution in [0.25, 0.3) is 0 Å². The molecule has 10 heteroatoms. The lowest BCUT2D eigenvalue weighted by atomic mass is 10.1. The summed E-state index contributed by atoms with van der Waals surface area (Å²) < 4.78 is 84.3. The van der Waals surface area contributed by atoms with E-state index >= 15 is 0 Å². The van der Waals surface area contributed by atoms with Crippen LogP contribution in [0, 0.1) is 5.92 Å². The number of esters is 1. The number of ether oxygens (including phenoxy) is 2. The van der Waals surface area contributed by atoms with Gasteiger partial charge >= 0.3 is 18.3 Å². The van der Waals surface area contributed by atoms with E-state index in [0.29, 0.717) is 13.8 Å². The molecule has 0 aromatic carbocycles. The molecule has 23 heavy (non-hydrogen) atoms. The van der Waals surface area contributed by atoms with E-state index in [9.17, 15) is 36.2 Å². The third-order valence-electron chi connectivity index (χ3n) is 3.09. The summed E-state index contributed by atoms with van der Waals surface area (Å²) in [5.74, 6) is -4.76. The zero-order valence-electron chi connectivity index (χ0n) is 13.1. The third kappa shape index (κ3) is 7.87. The molecule has 0 saturated heterocycles. The minimum absolute atomic E-state index is 0.224. The van der Waals surface area contributed by atoms with E-state index in [4.69, 9.17) is 0 Å². The number of carbonyl (C=O) groups excluding carboxylic acids is 1. The number of halogens is 6. The molecule has 0 amide bonds. The Balaban J connectivity index is 5.06. The van der Waals surface area contributed by atoms with E-state index in [1.807, 2.05) is 0 Å². The molecule has 0 saturated carbocycles. The van der Waals surface area contributed by atoms with Crippen molar-refractivity contribution in [3.63, 3.8) is 0 Å². The molecule has 0 aromatic heterocycles. The van der Waals surface area contributed by atoms with Gasteiger partial charge in [-0.15, -0.1) is 0 Å². The van der Waals surface area contributed by atoms with Crippen molar-refractivity contribution < 1.29 is 45.7 Å². The second-order valence-corrected chi connectivity index (χ2v) is 5.46. The molecule has 138 valence electrons. The summed E-state index contributed by atoms with van der Waals surface area (Å²) in [6.07, 6.45) is -16.3. The predicted molar refractivity (Wildman–Crippen MR) is 67.2 cm³/mol. The Morgan fingerprint density at radius 2 is 1.57 bits per heavy atom. The second kappa shape index (κ2) is 7.69. The van der Waals surface area contributed by atoms with Crippen LogP contribution in [-0.4, -0.2) is 41.4 Å². The molecule has 0 heterocycles. The Bertz CT molecular complexity index is 391. The molecule has 0 radical (unpaired) electrons. The maximum Gasteiger partial charge on any atom is 0.425 e. The van der Waals surface area contributed by atoms with Crippen molar-refractivity contribution in [1.29, 1.82) is 0 Å². The summed E-state index contributed by atoms with van der Waals surface area (Å²) in [7, 11) is 0. The summed E-state index contributed by atoms with van der Waals surface area (Å²) in [6.45, 7) is 4.09. The molecule has 4 atom stereocenters. The summed E-state index contributed by atoms with van der Waals surface area (Å²) in [5, 5.41) is 9.68. The summed E-state index contributed by atoms with van der Waals surface area (Å²) >= 11 is 0. The number of carbonyl (C=O) groups is 1. The largest absolute Gasteiger partial charge is 0.452 e. The van der Waals surface area contributed by atoms with Crippen LogP contribution < -0.4 is 0 Å². The standard InChI is InChI=1S/C13H20F6O4/c1-5-7(2)10(20)22-9(13(17,18)19)6-11(4,21)23-8(3)12(14,15)16/h7-9,21H,5-6H2,1-4H3. The smallest absolute Gasteiger partial charge is 0.425 e. The highest BCUT2D eigenvalue weighted by Crippen LogP contribution is 2.33. The number of alkyl halides is 6. The Hall–Kier alpha value is -1.03. The summed E-state index contributed by atoms with van der Waals surface area (Å²) in [6, 6.07) is 0. The molecule has 0 aliphatic carbocycles. The van der Waals surface area contributed by atoms with Crippen molar-refractivity contribution in [3.8, 4) is 0 Å². The van der Waals surface area contributed by atoms with Gasteiger partial charge in [-0.1, -0.05) is 13.8 Å². The van der Waals surface area contributed by atoms with Gasteiger partial charge in [0.15, 0.2) is 11.9 Å². The molecule has 0 rings (SSSR count). The van der Waals surface area contributed by atoms with Crippen LogP contribution in [0.4, 0.5) is 26.3 Å². The minimum atomic E-state index is -5.06. The van der Waals surface area contributed by atoms with Gasteiger partial charge in [0.1, 0.15) is 0 Å². The Labute approximate surface area is 129 Å². The van der Waals surface area contributed by atoms with Crippen molar-refractivity contribution in [2.24, 2.45) is 5.92 Å². The first kappa shape index (κ1) is 22.0. The van der Waals surface area contributed by atoms with Crippen molar-refractivity contribution in [2.75, 3.05) is 0 Å². The van der Waals surface area contributed by atoms with E-state index in [0.717, 1.165) is 0 Å². The topological polar surface area (TPSA) is 55.8 Å². The molecule has 0 aliphatic rings. The van der Waals surface area contributed by atoms with Crippen LogP contribution in [0.2, 0.25) is 0 Å². The summed E-state index contributed by atoms with van der Waals surface area (Å²) in [5.41, 5.74) is 0. The number of hydrogen-bond acceptors (Lipinski definition) is 4. The average molecular weight is 354 g/mol. The fraction of sp³-hybridized carbons (Fsp3) is 0.923. The molecule has 1 N–H and O–H groups in total. The van der Waals surface area contributed by atoms with Gasteiger partial charge in [0.25, 0.3) is 0 Å². The number of rotatable bonds is 7. The van der Waals surface area contributed by atoms with Crippen LogP contribution in [0.3, 0.4) is 0 Å². The molecule has 0 spiro atoms. The average Bonchev–Trinajstić information content (AvgIpc) is 2.33. The highest BCUT2D eigenvalue weighted by molar-refractivity contribution is 5.72. The molecule has 0 aromatic rings. The second-order valence-electron chi connectivity index (χ2n) is 5.46. The van der Waals surface area contributed by atoms with Crippen molar-refractivity contribution in [2.45, 2.75) is 70.9 Å². The van der Waals surface area contributed by atoms with Gasteiger partial charge < -0.3 is 14.6 Å². The van der Waals surface area contributed by atoms with Crippen LogP contribution in [0.5, 0.6) is 0 Å². The monoisotopic (exact) mass is 354 g/mol. The zero-order valence-corrected chi connectivity index (χ0v) is 13.1. The third-order valence-corrected chi connectivity index (χ3v) is 3.09. The lowest BCUT2D eigenvalue weighted by Gasteiger charge is -2.32. The van der Waals surface area contributed by atoms with Gasteiger partial charge in [0.2, 0.25) is 6.10 Å². The lowest BCUT2D eigenvalue weighted by Crippen LogP contribution is -2.46. The van der Waals surface area contributed by atoms with E-state index in [1.165, 1.54) is 6.92 Å². The van der Waals surface area contributed by atoms with Gasteiger partial charge in [0.05, 0.1) is 5.92 Å². The van der Waals surface area contributed by atoms with Gasteiger partial charge in [-0.2, -0.15) is 26.3 Å². The number of aliphatic hydroxyl groups is 1. The molecular formula is C13H20F6O4. The first-order chi connectivity index (χ1) is 10.1.